The van der Waals surface area contributed by atoms with Crippen molar-refractivity contribution < 1.29 is 9.15 Å². The molecule has 0 saturated carbocycles. The molecule has 8 heavy (non-hydrogen) atoms. The minimum absolute atomic E-state index is 0.525. The third-order valence-electron chi connectivity index (χ3n) is 0.745. The molecular formula is C5H5BrO2. The molecule has 0 atom stereocenters. The van der Waals surface area contributed by atoms with Gasteiger partial charge in [0.1, 0.15) is 6.26 Å². The van der Waals surface area contributed by atoms with Gasteiger partial charge in [-0.15, -0.1) is 0 Å². The van der Waals surface area contributed by atoms with E-state index in [0.29, 0.717) is 5.95 Å². The van der Waals surface area contributed by atoms with Crippen molar-refractivity contribution in [2.75, 3.05) is 7.11 Å². The summed E-state index contributed by atoms with van der Waals surface area (Å²) in [7, 11) is 1.56. The molecule has 0 spiro atoms. The number of hydrogen-bond donors (Lipinski definition) is 0. The molecule has 0 N–H and O–H groups in total. The van der Waals surface area contributed by atoms with Crippen LogP contribution in [0.2, 0.25) is 0 Å². The second kappa shape index (κ2) is 2.22. The molecule has 0 aliphatic carbocycles. The van der Waals surface area contributed by atoms with Gasteiger partial charge < -0.3 is 9.15 Å². The first-order valence-electron chi connectivity index (χ1n) is 2.11. The van der Waals surface area contributed by atoms with Gasteiger partial charge in [-0.25, -0.2) is 0 Å². The lowest BCUT2D eigenvalue weighted by molar-refractivity contribution is 0.305. The van der Waals surface area contributed by atoms with Crippen LogP contribution in [0.3, 0.4) is 0 Å². The van der Waals surface area contributed by atoms with E-state index in [-0.39, 0.29) is 0 Å². The number of hydrogen-bond acceptors (Lipinski definition) is 2. The Balaban J connectivity index is 2.84. The maximum absolute atomic E-state index is 4.84. The van der Waals surface area contributed by atoms with Crippen LogP contribution in [0, 0.1) is 0 Å². The highest BCUT2D eigenvalue weighted by molar-refractivity contribution is 9.10. The average molecular weight is 177 g/mol. The summed E-state index contributed by atoms with van der Waals surface area (Å²) in [6.07, 6.45) is 1.57. The van der Waals surface area contributed by atoms with E-state index >= 15 is 0 Å². The smallest absolute Gasteiger partial charge is 0.285 e. The zero-order valence-electron chi connectivity index (χ0n) is 4.35. The highest BCUT2D eigenvalue weighted by Gasteiger charge is 1.94. The summed E-state index contributed by atoms with van der Waals surface area (Å²) in [4.78, 5) is 0. The minimum Gasteiger partial charge on any atom is -0.468 e. The summed E-state index contributed by atoms with van der Waals surface area (Å²) < 4.78 is 10.5. The maximum Gasteiger partial charge on any atom is 0.285 e. The summed E-state index contributed by atoms with van der Waals surface area (Å²) in [6.45, 7) is 0. The predicted octanol–water partition coefficient (Wildman–Crippen LogP) is 2.05. The van der Waals surface area contributed by atoms with Crippen LogP contribution in [-0.4, -0.2) is 7.11 Å². The average Bonchev–Trinajstić information content (AvgIpc) is 2.14. The fourth-order valence-corrected chi connectivity index (χ4v) is 0.682. The molecule has 0 amide bonds. The monoisotopic (exact) mass is 176 g/mol. The fourth-order valence-electron chi connectivity index (χ4n) is 0.402. The Kier molecular flexibility index (Phi) is 1.58. The van der Waals surface area contributed by atoms with E-state index in [1.54, 1.807) is 19.4 Å². The van der Waals surface area contributed by atoms with Gasteiger partial charge in [-0.3, -0.25) is 0 Å². The number of rotatable bonds is 1. The van der Waals surface area contributed by atoms with Crippen molar-refractivity contribution in [1.82, 2.24) is 0 Å². The summed E-state index contributed by atoms with van der Waals surface area (Å²) in [5.74, 6) is 0.525. The lowest BCUT2D eigenvalue weighted by atomic mass is 10.6. The van der Waals surface area contributed by atoms with Crippen LogP contribution in [0.15, 0.2) is 21.2 Å². The highest BCUT2D eigenvalue weighted by atomic mass is 79.9. The molecule has 1 heterocycles. The van der Waals surface area contributed by atoms with Gasteiger partial charge in [0.2, 0.25) is 0 Å². The molecule has 1 rings (SSSR count). The predicted molar refractivity (Wildman–Crippen MR) is 33.0 cm³/mol. The van der Waals surface area contributed by atoms with Crippen molar-refractivity contribution in [2.45, 2.75) is 0 Å². The summed E-state index contributed by atoms with van der Waals surface area (Å²) in [5.41, 5.74) is 0. The number of furan rings is 1. The zero-order valence-corrected chi connectivity index (χ0v) is 5.94. The van der Waals surface area contributed by atoms with Crippen molar-refractivity contribution in [3.05, 3.63) is 16.8 Å². The Morgan fingerprint density at radius 1 is 1.75 bits per heavy atom. The Bertz CT molecular complexity index is 171. The highest BCUT2D eigenvalue weighted by Crippen LogP contribution is 2.19. The van der Waals surface area contributed by atoms with Gasteiger partial charge in [0.25, 0.3) is 5.95 Å². The third kappa shape index (κ3) is 1.04. The normalized spacial score (nSPS) is 9.25. The molecule has 44 valence electrons. The topological polar surface area (TPSA) is 22.4 Å². The van der Waals surface area contributed by atoms with Gasteiger partial charge in [-0.2, -0.15) is 0 Å². The molecule has 0 unspecified atom stereocenters. The molecule has 0 fully saturated rings. The molecule has 0 bridgehead atoms. The van der Waals surface area contributed by atoms with Crippen LogP contribution in [0.5, 0.6) is 5.95 Å². The molecule has 1 aromatic rings. The van der Waals surface area contributed by atoms with Crippen molar-refractivity contribution in [1.29, 1.82) is 0 Å². The molecule has 0 aliphatic rings. The van der Waals surface area contributed by atoms with Gasteiger partial charge in [0.15, 0.2) is 0 Å². The standard InChI is InChI=1S/C5H5BrO2/c1-7-5-2-4(6)3-8-5/h2-3H,1H3. The molecule has 2 nitrogen and oxygen atoms in total. The molecule has 0 aromatic carbocycles. The lowest BCUT2D eigenvalue weighted by Crippen LogP contribution is -1.75. The van der Waals surface area contributed by atoms with Crippen molar-refractivity contribution in [2.24, 2.45) is 0 Å². The molecule has 0 radical (unpaired) electrons. The molecule has 3 heteroatoms. The summed E-state index contributed by atoms with van der Waals surface area (Å²) in [6, 6.07) is 1.75. The number of ether oxygens (including phenoxy) is 1. The van der Waals surface area contributed by atoms with Gasteiger partial charge in [0.05, 0.1) is 11.6 Å². The van der Waals surface area contributed by atoms with Crippen LogP contribution in [0.25, 0.3) is 0 Å². The molecule has 0 saturated heterocycles. The SMILES string of the molecule is COc1cc(Br)co1. The minimum atomic E-state index is 0.525. The molecular weight excluding hydrogens is 172 g/mol. The van der Waals surface area contributed by atoms with E-state index in [9.17, 15) is 0 Å². The van der Waals surface area contributed by atoms with Crippen LogP contribution in [0.4, 0.5) is 0 Å². The first-order chi connectivity index (χ1) is 3.83. The zero-order chi connectivity index (χ0) is 5.98. The van der Waals surface area contributed by atoms with Crippen LogP contribution in [0.1, 0.15) is 0 Å². The van der Waals surface area contributed by atoms with Gasteiger partial charge >= 0.3 is 0 Å². The van der Waals surface area contributed by atoms with Gasteiger partial charge in [-0.1, -0.05) is 0 Å². The Morgan fingerprint density at radius 2 is 2.50 bits per heavy atom. The van der Waals surface area contributed by atoms with Crippen LogP contribution in [-0.2, 0) is 0 Å². The van der Waals surface area contributed by atoms with Crippen molar-refractivity contribution in [3.8, 4) is 5.95 Å². The van der Waals surface area contributed by atoms with Crippen LogP contribution >= 0.6 is 15.9 Å². The van der Waals surface area contributed by atoms with E-state index in [4.69, 9.17) is 9.15 Å². The summed E-state index contributed by atoms with van der Waals surface area (Å²) >= 11 is 3.20. The second-order valence-corrected chi connectivity index (χ2v) is 2.20. The van der Waals surface area contributed by atoms with Crippen LogP contribution < -0.4 is 4.74 Å². The van der Waals surface area contributed by atoms with E-state index in [2.05, 4.69) is 15.9 Å². The first kappa shape index (κ1) is 5.69. The molecule has 1 aromatic heterocycles. The number of halogens is 1. The van der Waals surface area contributed by atoms with Crippen molar-refractivity contribution >= 4 is 15.9 Å². The maximum atomic E-state index is 4.84. The van der Waals surface area contributed by atoms with E-state index in [1.165, 1.54) is 0 Å². The fraction of sp³-hybridized carbons (Fsp3) is 0.200. The third-order valence-corrected chi connectivity index (χ3v) is 1.16. The number of methoxy groups -OCH3 is 1. The van der Waals surface area contributed by atoms with E-state index < -0.39 is 0 Å². The summed E-state index contributed by atoms with van der Waals surface area (Å²) in [5, 5.41) is 0. The van der Waals surface area contributed by atoms with E-state index in [1.807, 2.05) is 0 Å². The Hall–Kier alpha value is -0.440. The Morgan fingerprint density at radius 3 is 2.75 bits per heavy atom. The van der Waals surface area contributed by atoms with E-state index in [0.717, 1.165) is 4.47 Å². The molecule has 0 aliphatic heterocycles. The largest absolute Gasteiger partial charge is 0.468 e. The van der Waals surface area contributed by atoms with Crippen molar-refractivity contribution in [3.63, 3.8) is 0 Å². The lowest BCUT2D eigenvalue weighted by Gasteiger charge is -1.85. The second-order valence-electron chi connectivity index (χ2n) is 1.29. The quantitative estimate of drug-likeness (QED) is 0.654. The first-order valence-corrected chi connectivity index (χ1v) is 2.90. The van der Waals surface area contributed by atoms with Gasteiger partial charge in [-0.05, 0) is 15.9 Å². The Labute approximate surface area is 55.6 Å². The van der Waals surface area contributed by atoms with Gasteiger partial charge in [0, 0.05) is 6.07 Å².